The van der Waals surface area contributed by atoms with Crippen LogP contribution in [0.5, 0.6) is 0 Å². The number of halogens is 2. The lowest BCUT2D eigenvalue weighted by atomic mass is 10.1. The van der Waals surface area contributed by atoms with Gasteiger partial charge in [-0.1, -0.05) is 61.3 Å². The van der Waals surface area contributed by atoms with Crippen LogP contribution in [-0.2, 0) is 11.3 Å². The molecule has 106 valence electrons. The fraction of sp³-hybridized carbons (Fsp3) is 0.333. The molecule has 0 atom stereocenters. The summed E-state index contributed by atoms with van der Waals surface area (Å²) in [5.74, 6) is 0.724. The minimum absolute atomic E-state index is 0.188. The van der Waals surface area contributed by atoms with Gasteiger partial charge in [-0.3, -0.25) is 0 Å². The molecule has 1 aromatic carbocycles. The average molecular weight is 311 g/mol. The van der Waals surface area contributed by atoms with Crippen molar-refractivity contribution in [3.8, 4) is 11.4 Å². The van der Waals surface area contributed by atoms with E-state index < -0.39 is 0 Å². The van der Waals surface area contributed by atoms with Crippen LogP contribution >= 0.6 is 23.2 Å². The minimum Gasteiger partial charge on any atom is -0.380 e. The average Bonchev–Trinajstić information content (AvgIpc) is 2.38. The predicted molar refractivity (Wildman–Crippen MR) is 82.3 cm³/mol. The van der Waals surface area contributed by atoms with E-state index in [4.69, 9.17) is 27.9 Å². The van der Waals surface area contributed by atoms with Crippen molar-refractivity contribution in [1.29, 1.82) is 0 Å². The van der Waals surface area contributed by atoms with E-state index >= 15 is 0 Å². The number of benzene rings is 1. The van der Waals surface area contributed by atoms with E-state index in [1.807, 2.05) is 38.1 Å². The number of ether oxygens (including phenoxy) is 1. The van der Waals surface area contributed by atoms with Crippen LogP contribution in [0.1, 0.15) is 30.9 Å². The van der Waals surface area contributed by atoms with Crippen LogP contribution in [0.4, 0.5) is 0 Å². The summed E-state index contributed by atoms with van der Waals surface area (Å²) >= 11 is 12.4. The third kappa shape index (κ3) is 3.29. The molecule has 0 aliphatic heterocycles. The monoisotopic (exact) mass is 310 g/mol. The van der Waals surface area contributed by atoms with Crippen molar-refractivity contribution in [1.82, 2.24) is 9.97 Å². The van der Waals surface area contributed by atoms with E-state index in [0.717, 1.165) is 16.7 Å². The molecule has 3 nitrogen and oxygen atoms in total. The van der Waals surface area contributed by atoms with Crippen molar-refractivity contribution >= 4 is 23.2 Å². The second-order valence-corrected chi connectivity index (χ2v) is 5.54. The normalized spacial score (nSPS) is 11.1. The molecule has 0 saturated heterocycles. The highest BCUT2D eigenvalue weighted by Crippen LogP contribution is 2.31. The molecule has 1 heterocycles. The Kier molecular flexibility index (Phi) is 4.97. The molecule has 1 aromatic heterocycles. The third-order valence-corrected chi connectivity index (χ3v) is 3.53. The number of hydrogen-bond acceptors (Lipinski definition) is 3. The topological polar surface area (TPSA) is 35.0 Å². The SMILES string of the molecule is COCc1ccc(-c2nc(Cl)c(C(C)C)c(Cl)n2)cc1. The summed E-state index contributed by atoms with van der Waals surface area (Å²) in [5, 5.41) is 0.826. The van der Waals surface area contributed by atoms with Crippen molar-refractivity contribution in [2.24, 2.45) is 0 Å². The lowest BCUT2D eigenvalue weighted by Crippen LogP contribution is -1.99. The van der Waals surface area contributed by atoms with Crippen LogP contribution in [-0.4, -0.2) is 17.1 Å². The zero-order valence-corrected chi connectivity index (χ0v) is 13.2. The Hall–Kier alpha value is -1.16. The van der Waals surface area contributed by atoms with Crippen LogP contribution < -0.4 is 0 Å². The third-order valence-electron chi connectivity index (χ3n) is 2.95. The van der Waals surface area contributed by atoms with E-state index in [1.165, 1.54) is 0 Å². The maximum absolute atomic E-state index is 6.21. The summed E-state index contributed by atoms with van der Waals surface area (Å²) in [6.07, 6.45) is 0. The van der Waals surface area contributed by atoms with Gasteiger partial charge < -0.3 is 4.74 Å². The van der Waals surface area contributed by atoms with Gasteiger partial charge in [0.2, 0.25) is 0 Å². The van der Waals surface area contributed by atoms with Gasteiger partial charge in [0.1, 0.15) is 10.3 Å². The first-order valence-electron chi connectivity index (χ1n) is 6.34. The fourth-order valence-corrected chi connectivity index (χ4v) is 2.76. The summed E-state index contributed by atoms with van der Waals surface area (Å²) in [4.78, 5) is 8.68. The van der Waals surface area contributed by atoms with E-state index in [0.29, 0.717) is 22.7 Å². The lowest BCUT2D eigenvalue weighted by Gasteiger charge is -2.11. The summed E-state index contributed by atoms with van der Waals surface area (Å²) in [6.45, 7) is 4.60. The van der Waals surface area contributed by atoms with Crippen LogP contribution in [0.2, 0.25) is 10.3 Å². The smallest absolute Gasteiger partial charge is 0.162 e. The Morgan fingerprint density at radius 3 is 2.05 bits per heavy atom. The fourth-order valence-electron chi connectivity index (χ4n) is 1.94. The standard InChI is InChI=1S/C15H16Cl2N2O/c1-9(2)12-13(16)18-15(19-14(12)17)11-6-4-10(5-7-11)8-20-3/h4-7,9H,8H2,1-3H3. The minimum atomic E-state index is 0.188. The molecule has 0 spiro atoms. The molecule has 20 heavy (non-hydrogen) atoms. The maximum atomic E-state index is 6.21. The van der Waals surface area contributed by atoms with Gasteiger partial charge in [0.25, 0.3) is 0 Å². The van der Waals surface area contributed by atoms with Gasteiger partial charge in [0.15, 0.2) is 5.82 Å². The van der Waals surface area contributed by atoms with Crippen molar-refractivity contribution in [2.75, 3.05) is 7.11 Å². The van der Waals surface area contributed by atoms with Gasteiger partial charge in [-0.2, -0.15) is 0 Å². The molecule has 0 radical (unpaired) electrons. The van der Waals surface area contributed by atoms with Crippen LogP contribution in [0.3, 0.4) is 0 Å². The molecule has 2 rings (SSSR count). The van der Waals surface area contributed by atoms with Crippen LogP contribution in [0.15, 0.2) is 24.3 Å². The molecule has 0 amide bonds. The summed E-state index contributed by atoms with van der Waals surface area (Å²) in [6, 6.07) is 7.82. The van der Waals surface area contributed by atoms with Crippen LogP contribution in [0, 0.1) is 0 Å². The summed E-state index contributed by atoms with van der Waals surface area (Å²) < 4.78 is 5.08. The van der Waals surface area contributed by atoms with Gasteiger partial charge in [-0.15, -0.1) is 0 Å². The molecule has 0 unspecified atom stereocenters. The Labute approximate surface area is 128 Å². The number of methoxy groups -OCH3 is 1. The molecular formula is C15H16Cl2N2O. The zero-order chi connectivity index (χ0) is 14.7. The number of nitrogens with zero attached hydrogens (tertiary/aromatic N) is 2. The zero-order valence-electron chi connectivity index (χ0n) is 11.7. The van der Waals surface area contributed by atoms with Gasteiger partial charge in [0, 0.05) is 18.2 Å². The number of rotatable bonds is 4. The summed E-state index contributed by atoms with van der Waals surface area (Å²) in [5.41, 5.74) is 2.75. The van der Waals surface area contributed by atoms with E-state index in [9.17, 15) is 0 Å². The Bertz CT molecular complexity index is 574. The van der Waals surface area contributed by atoms with Gasteiger partial charge in [-0.05, 0) is 11.5 Å². The second kappa shape index (κ2) is 6.53. The molecule has 0 aliphatic rings. The molecule has 5 heteroatoms. The van der Waals surface area contributed by atoms with Gasteiger partial charge >= 0.3 is 0 Å². The van der Waals surface area contributed by atoms with E-state index in [2.05, 4.69) is 9.97 Å². The highest BCUT2D eigenvalue weighted by molar-refractivity contribution is 6.34. The second-order valence-electron chi connectivity index (χ2n) is 4.83. The Balaban J connectivity index is 2.38. The van der Waals surface area contributed by atoms with E-state index in [1.54, 1.807) is 7.11 Å². The van der Waals surface area contributed by atoms with Crippen molar-refractivity contribution in [3.05, 3.63) is 45.7 Å². The maximum Gasteiger partial charge on any atom is 0.162 e. The Morgan fingerprint density at radius 1 is 1.05 bits per heavy atom. The highest BCUT2D eigenvalue weighted by Gasteiger charge is 2.15. The first-order chi connectivity index (χ1) is 9.52. The van der Waals surface area contributed by atoms with Gasteiger partial charge in [-0.25, -0.2) is 9.97 Å². The number of hydrogen-bond donors (Lipinski definition) is 0. The first-order valence-corrected chi connectivity index (χ1v) is 7.09. The molecule has 0 N–H and O–H groups in total. The van der Waals surface area contributed by atoms with Crippen molar-refractivity contribution < 1.29 is 4.74 Å². The van der Waals surface area contributed by atoms with Crippen molar-refractivity contribution in [3.63, 3.8) is 0 Å². The lowest BCUT2D eigenvalue weighted by molar-refractivity contribution is 0.185. The molecular weight excluding hydrogens is 295 g/mol. The molecule has 0 bridgehead atoms. The molecule has 2 aromatic rings. The first kappa shape index (κ1) is 15.2. The molecule has 0 saturated carbocycles. The van der Waals surface area contributed by atoms with Crippen molar-refractivity contribution in [2.45, 2.75) is 26.4 Å². The highest BCUT2D eigenvalue weighted by atomic mass is 35.5. The van der Waals surface area contributed by atoms with Gasteiger partial charge in [0.05, 0.1) is 6.61 Å². The summed E-state index contributed by atoms with van der Waals surface area (Å²) in [7, 11) is 1.67. The molecule has 0 fully saturated rings. The largest absolute Gasteiger partial charge is 0.380 e. The Morgan fingerprint density at radius 2 is 1.60 bits per heavy atom. The molecule has 0 aliphatic carbocycles. The van der Waals surface area contributed by atoms with Crippen LogP contribution in [0.25, 0.3) is 11.4 Å². The quantitative estimate of drug-likeness (QED) is 0.766. The predicted octanol–water partition coefficient (Wildman–Crippen LogP) is 4.72. The number of aromatic nitrogens is 2. The van der Waals surface area contributed by atoms with E-state index in [-0.39, 0.29) is 5.92 Å².